The van der Waals surface area contributed by atoms with Gasteiger partial charge in [0.05, 0.1) is 6.20 Å². The Labute approximate surface area is 119 Å². The number of nitrogens with zero attached hydrogens (tertiary/aromatic N) is 2. The average Bonchev–Trinajstić information content (AvgIpc) is 3.28. The van der Waals surface area contributed by atoms with E-state index in [1.165, 1.54) is 25.7 Å². The number of halogens is 1. The van der Waals surface area contributed by atoms with Gasteiger partial charge < -0.3 is 10.6 Å². The molecule has 2 saturated carbocycles. The van der Waals surface area contributed by atoms with Crippen molar-refractivity contribution in [1.82, 2.24) is 9.97 Å². The Kier molecular flexibility index (Phi) is 3.78. The number of aromatic nitrogens is 2. The Morgan fingerprint density at radius 2 is 2.00 bits per heavy atom. The van der Waals surface area contributed by atoms with Crippen LogP contribution in [0.1, 0.15) is 39.0 Å². The fraction of sp³-hybridized carbons (Fsp3) is 0.714. The Morgan fingerprint density at radius 1 is 1.32 bits per heavy atom. The third kappa shape index (κ3) is 3.30. The van der Waals surface area contributed by atoms with Gasteiger partial charge in [0, 0.05) is 12.6 Å². The van der Waals surface area contributed by atoms with Crippen molar-refractivity contribution in [1.29, 1.82) is 0 Å². The molecule has 104 valence electrons. The van der Waals surface area contributed by atoms with Gasteiger partial charge in [0.25, 0.3) is 0 Å². The van der Waals surface area contributed by atoms with Crippen LogP contribution in [0.15, 0.2) is 6.20 Å². The summed E-state index contributed by atoms with van der Waals surface area (Å²) >= 11 is 6.21. The van der Waals surface area contributed by atoms with E-state index in [2.05, 4.69) is 27.5 Å². The van der Waals surface area contributed by atoms with E-state index < -0.39 is 0 Å². The van der Waals surface area contributed by atoms with Crippen LogP contribution in [0.25, 0.3) is 0 Å². The van der Waals surface area contributed by atoms with Gasteiger partial charge in [-0.05, 0) is 43.9 Å². The van der Waals surface area contributed by atoms with Crippen molar-refractivity contribution in [2.45, 2.75) is 45.1 Å². The summed E-state index contributed by atoms with van der Waals surface area (Å²) in [4.78, 5) is 8.72. The fourth-order valence-electron chi connectivity index (χ4n) is 2.48. The predicted molar refractivity (Wildman–Crippen MR) is 78.7 cm³/mol. The van der Waals surface area contributed by atoms with Crippen LogP contribution in [0.2, 0.25) is 5.02 Å². The van der Waals surface area contributed by atoms with Crippen LogP contribution < -0.4 is 10.6 Å². The summed E-state index contributed by atoms with van der Waals surface area (Å²) in [6.07, 6.45) is 8.12. The second-order valence-electron chi connectivity index (χ2n) is 5.66. The Morgan fingerprint density at radius 3 is 2.58 bits per heavy atom. The van der Waals surface area contributed by atoms with Gasteiger partial charge in [0.2, 0.25) is 5.95 Å². The van der Waals surface area contributed by atoms with Crippen molar-refractivity contribution in [3.63, 3.8) is 0 Å². The van der Waals surface area contributed by atoms with Crippen molar-refractivity contribution < 1.29 is 0 Å². The normalized spacial score (nSPS) is 18.7. The standard InChI is InChI=1S/C14H21ClN4/c1-2-7-16-14-17-8-11(15)13(19-14)18-12(9-3-4-9)10-5-6-10/h8-10,12H,2-7H2,1H3,(H2,16,17,18,19). The third-order valence-electron chi connectivity index (χ3n) is 3.84. The van der Waals surface area contributed by atoms with Gasteiger partial charge in [-0.25, -0.2) is 4.98 Å². The molecule has 1 heterocycles. The molecule has 2 aliphatic carbocycles. The number of hydrogen-bond acceptors (Lipinski definition) is 4. The van der Waals surface area contributed by atoms with Gasteiger partial charge in [-0.1, -0.05) is 18.5 Å². The highest BCUT2D eigenvalue weighted by molar-refractivity contribution is 6.32. The van der Waals surface area contributed by atoms with E-state index in [1.807, 2.05) is 0 Å². The lowest BCUT2D eigenvalue weighted by Gasteiger charge is -2.19. The molecular formula is C14H21ClN4. The lowest BCUT2D eigenvalue weighted by Crippen LogP contribution is -2.25. The second-order valence-corrected chi connectivity index (χ2v) is 6.07. The lowest BCUT2D eigenvalue weighted by molar-refractivity contribution is 0.565. The van der Waals surface area contributed by atoms with Crippen molar-refractivity contribution in [3.05, 3.63) is 11.2 Å². The van der Waals surface area contributed by atoms with Gasteiger partial charge in [-0.2, -0.15) is 4.98 Å². The molecular weight excluding hydrogens is 260 g/mol. The molecule has 2 N–H and O–H groups in total. The largest absolute Gasteiger partial charge is 0.365 e. The molecule has 0 spiro atoms. The molecule has 0 saturated heterocycles. The van der Waals surface area contributed by atoms with Crippen LogP contribution in [0.5, 0.6) is 0 Å². The molecule has 2 aliphatic rings. The van der Waals surface area contributed by atoms with Crippen LogP contribution in [-0.2, 0) is 0 Å². The zero-order chi connectivity index (χ0) is 13.2. The third-order valence-corrected chi connectivity index (χ3v) is 4.12. The summed E-state index contributed by atoms with van der Waals surface area (Å²) in [5.41, 5.74) is 0. The fourth-order valence-corrected chi connectivity index (χ4v) is 2.63. The first kappa shape index (κ1) is 13.0. The molecule has 0 aromatic carbocycles. The molecule has 0 radical (unpaired) electrons. The summed E-state index contributed by atoms with van der Waals surface area (Å²) in [6, 6.07) is 0.562. The molecule has 2 fully saturated rings. The van der Waals surface area contributed by atoms with Gasteiger partial charge in [-0.15, -0.1) is 0 Å². The van der Waals surface area contributed by atoms with Crippen molar-refractivity contribution in [2.75, 3.05) is 17.2 Å². The summed E-state index contributed by atoms with van der Waals surface area (Å²) in [7, 11) is 0. The first-order chi connectivity index (χ1) is 9.28. The minimum Gasteiger partial charge on any atom is -0.365 e. The topological polar surface area (TPSA) is 49.8 Å². The maximum Gasteiger partial charge on any atom is 0.224 e. The van der Waals surface area contributed by atoms with E-state index in [0.717, 1.165) is 30.6 Å². The van der Waals surface area contributed by atoms with E-state index in [9.17, 15) is 0 Å². The summed E-state index contributed by atoms with van der Waals surface area (Å²) in [6.45, 7) is 3.01. The highest BCUT2D eigenvalue weighted by Crippen LogP contribution is 2.46. The molecule has 4 nitrogen and oxygen atoms in total. The van der Waals surface area contributed by atoms with E-state index >= 15 is 0 Å². The van der Waals surface area contributed by atoms with E-state index in [4.69, 9.17) is 11.6 Å². The van der Waals surface area contributed by atoms with Crippen LogP contribution in [0.3, 0.4) is 0 Å². The molecule has 0 bridgehead atoms. The Bertz CT molecular complexity index is 431. The summed E-state index contributed by atoms with van der Waals surface area (Å²) < 4.78 is 0. The molecule has 0 aliphatic heterocycles. The van der Waals surface area contributed by atoms with Crippen molar-refractivity contribution in [3.8, 4) is 0 Å². The molecule has 0 unspecified atom stereocenters. The summed E-state index contributed by atoms with van der Waals surface area (Å²) in [5, 5.41) is 7.39. The lowest BCUT2D eigenvalue weighted by atomic mass is 10.1. The number of anilines is 2. The molecule has 5 heteroatoms. The number of nitrogens with one attached hydrogen (secondary N) is 2. The maximum absolute atomic E-state index is 6.21. The molecule has 1 aromatic heterocycles. The average molecular weight is 281 g/mol. The van der Waals surface area contributed by atoms with Crippen LogP contribution in [0.4, 0.5) is 11.8 Å². The minimum atomic E-state index is 0.562. The molecule has 19 heavy (non-hydrogen) atoms. The quantitative estimate of drug-likeness (QED) is 0.802. The van der Waals surface area contributed by atoms with Crippen LogP contribution in [0, 0.1) is 11.8 Å². The van der Waals surface area contributed by atoms with Crippen molar-refractivity contribution >= 4 is 23.4 Å². The van der Waals surface area contributed by atoms with E-state index in [-0.39, 0.29) is 0 Å². The van der Waals surface area contributed by atoms with Crippen LogP contribution >= 0.6 is 11.6 Å². The van der Waals surface area contributed by atoms with Crippen molar-refractivity contribution in [2.24, 2.45) is 11.8 Å². The SMILES string of the molecule is CCCNc1ncc(Cl)c(NC(C2CC2)C2CC2)n1. The van der Waals surface area contributed by atoms with Gasteiger partial charge in [0.1, 0.15) is 5.02 Å². The number of hydrogen-bond donors (Lipinski definition) is 2. The predicted octanol–water partition coefficient (Wildman–Crippen LogP) is 3.55. The first-order valence-electron chi connectivity index (χ1n) is 7.31. The van der Waals surface area contributed by atoms with Gasteiger partial charge in [0.15, 0.2) is 5.82 Å². The smallest absolute Gasteiger partial charge is 0.224 e. The van der Waals surface area contributed by atoms with E-state index in [0.29, 0.717) is 17.0 Å². The maximum atomic E-state index is 6.21. The van der Waals surface area contributed by atoms with Gasteiger partial charge >= 0.3 is 0 Å². The monoisotopic (exact) mass is 280 g/mol. The zero-order valence-electron chi connectivity index (χ0n) is 11.3. The first-order valence-corrected chi connectivity index (χ1v) is 7.68. The Balaban J connectivity index is 1.70. The zero-order valence-corrected chi connectivity index (χ0v) is 12.1. The Hall–Kier alpha value is -1.03. The van der Waals surface area contributed by atoms with Crippen LogP contribution in [-0.4, -0.2) is 22.6 Å². The molecule has 0 atom stereocenters. The molecule has 1 aromatic rings. The summed E-state index contributed by atoms with van der Waals surface area (Å²) in [5.74, 6) is 3.11. The highest BCUT2D eigenvalue weighted by Gasteiger charge is 2.41. The second kappa shape index (κ2) is 5.53. The number of rotatable bonds is 7. The highest BCUT2D eigenvalue weighted by atomic mass is 35.5. The molecule has 0 amide bonds. The van der Waals surface area contributed by atoms with Gasteiger partial charge in [-0.3, -0.25) is 0 Å². The van der Waals surface area contributed by atoms with E-state index in [1.54, 1.807) is 6.20 Å². The minimum absolute atomic E-state index is 0.562. The molecule has 3 rings (SSSR count).